The Hall–Kier alpha value is -0.950. The summed E-state index contributed by atoms with van der Waals surface area (Å²) in [7, 11) is -1.98. The summed E-state index contributed by atoms with van der Waals surface area (Å²) < 4.78 is 25.6. The van der Waals surface area contributed by atoms with Gasteiger partial charge in [-0.25, -0.2) is 13.1 Å². The van der Waals surface area contributed by atoms with E-state index in [1.165, 1.54) is 7.05 Å². The lowest BCUT2D eigenvalue weighted by Crippen LogP contribution is -2.32. The highest BCUT2D eigenvalue weighted by atomic mass is 32.2. The molecular weight excluding hydrogens is 288 g/mol. The Morgan fingerprint density at radius 3 is 2.29 bits per heavy atom. The lowest BCUT2D eigenvalue weighted by molar-refractivity contribution is 0.204. The summed E-state index contributed by atoms with van der Waals surface area (Å²) in [5, 5.41) is 12.4. The molecule has 0 amide bonds. The van der Waals surface area contributed by atoms with Crippen molar-refractivity contribution >= 4 is 10.0 Å². The average molecular weight is 314 g/mol. The van der Waals surface area contributed by atoms with E-state index in [4.69, 9.17) is 5.11 Å². The van der Waals surface area contributed by atoms with Crippen molar-refractivity contribution in [3.8, 4) is 0 Å². The molecule has 1 atom stereocenters. The van der Waals surface area contributed by atoms with Gasteiger partial charge in [-0.2, -0.15) is 0 Å². The van der Waals surface area contributed by atoms with Gasteiger partial charge in [0.15, 0.2) is 0 Å². The first-order valence-corrected chi connectivity index (χ1v) is 8.58. The van der Waals surface area contributed by atoms with Crippen molar-refractivity contribution in [2.45, 2.75) is 38.1 Å². The predicted molar refractivity (Wildman–Crippen MR) is 84.6 cm³/mol. The average Bonchev–Trinajstić information content (AvgIpc) is 2.45. The fourth-order valence-corrected chi connectivity index (χ4v) is 2.72. The number of nitrogens with one attached hydrogen (secondary N) is 2. The monoisotopic (exact) mass is 314 g/mol. The van der Waals surface area contributed by atoms with Gasteiger partial charge < -0.3 is 10.4 Å². The fraction of sp³-hybridized carbons (Fsp3) is 0.600. The number of hydrogen-bond donors (Lipinski definition) is 3. The Bertz CT molecular complexity index is 539. The molecule has 0 heterocycles. The summed E-state index contributed by atoms with van der Waals surface area (Å²) in [5.41, 5.74) is 1.06. The molecule has 0 spiro atoms. The van der Waals surface area contributed by atoms with E-state index in [1.807, 2.05) is 19.1 Å². The number of hydrogen-bond acceptors (Lipinski definition) is 4. The van der Waals surface area contributed by atoms with Crippen LogP contribution in [0.3, 0.4) is 0 Å². The molecule has 1 unspecified atom stereocenters. The largest absolute Gasteiger partial charge is 0.396 e. The Morgan fingerprint density at radius 2 is 1.81 bits per heavy atom. The van der Waals surface area contributed by atoms with E-state index >= 15 is 0 Å². The zero-order valence-corrected chi connectivity index (χ0v) is 14.0. The molecule has 0 aliphatic heterocycles. The van der Waals surface area contributed by atoms with E-state index in [0.29, 0.717) is 0 Å². The zero-order valence-electron chi connectivity index (χ0n) is 13.2. The lowest BCUT2D eigenvalue weighted by Gasteiger charge is -2.26. The standard InChI is InChI=1S/C15H26N2O3S/c1-12(17-11-15(2,3)9-10-18)13-5-7-14(8-6-13)21(19,20)16-4/h5-8,12,16-18H,9-11H2,1-4H3. The Labute approximate surface area is 127 Å². The second kappa shape index (κ2) is 7.35. The van der Waals surface area contributed by atoms with Crippen molar-refractivity contribution in [3.63, 3.8) is 0 Å². The van der Waals surface area contributed by atoms with Gasteiger partial charge in [0.25, 0.3) is 0 Å². The van der Waals surface area contributed by atoms with Crippen molar-refractivity contribution in [2.75, 3.05) is 20.2 Å². The van der Waals surface area contributed by atoms with Crippen molar-refractivity contribution < 1.29 is 13.5 Å². The van der Waals surface area contributed by atoms with Crippen LogP contribution in [0, 0.1) is 5.41 Å². The molecule has 21 heavy (non-hydrogen) atoms. The normalized spacial score (nSPS) is 14.1. The van der Waals surface area contributed by atoms with Crippen LogP contribution in [0.5, 0.6) is 0 Å². The summed E-state index contributed by atoms with van der Waals surface area (Å²) in [6.07, 6.45) is 0.742. The summed E-state index contributed by atoms with van der Waals surface area (Å²) in [5.74, 6) is 0. The molecule has 120 valence electrons. The Kier molecular flexibility index (Phi) is 6.34. The molecule has 6 heteroatoms. The number of rotatable bonds is 8. The zero-order chi connectivity index (χ0) is 16.1. The summed E-state index contributed by atoms with van der Waals surface area (Å²) in [6.45, 7) is 7.21. The van der Waals surface area contributed by atoms with Crippen LogP contribution in [0.25, 0.3) is 0 Å². The highest BCUT2D eigenvalue weighted by Crippen LogP contribution is 2.21. The van der Waals surface area contributed by atoms with E-state index in [1.54, 1.807) is 12.1 Å². The first-order valence-electron chi connectivity index (χ1n) is 7.09. The molecule has 1 rings (SSSR count). The third-order valence-corrected chi connectivity index (χ3v) is 5.06. The van der Waals surface area contributed by atoms with E-state index in [2.05, 4.69) is 23.9 Å². The van der Waals surface area contributed by atoms with Crippen LogP contribution < -0.4 is 10.0 Å². The van der Waals surface area contributed by atoms with Gasteiger partial charge in [0.2, 0.25) is 10.0 Å². The molecule has 5 nitrogen and oxygen atoms in total. The summed E-state index contributed by atoms with van der Waals surface area (Å²) in [4.78, 5) is 0.265. The molecule has 0 aliphatic carbocycles. The Balaban J connectivity index is 2.70. The molecule has 3 N–H and O–H groups in total. The van der Waals surface area contributed by atoms with Crippen molar-refractivity contribution in [1.82, 2.24) is 10.0 Å². The van der Waals surface area contributed by atoms with Crippen molar-refractivity contribution in [2.24, 2.45) is 5.41 Å². The van der Waals surface area contributed by atoms with E-state index in [-0.39, 0.29) is 23.0 Å². The third-order valence-electron chi connectivity index (χ3n) is 3.63. The SMILES string of the molecule is CNS(=O)(=O)c1ccc(C(C)NCC(C)(C)CCO)cc1. The van der Waals surface area contributed by atoms with E-state index < -0.39 is 10.0 Å². The Morgan fingerprint density at radius 1 is 1.24 bits per heavy atom. The minimum atomic E-state index is -3.38. The molecule has 1 aromatic carbocycles. The maximum atomic E-state index is 11.7. The van der Waals surface area contributed by atoms with E-state index in [9.17, 15) is 8.42 Å². The van der Waals surface area contributed by atoms with E-state index in [0.717, 1.165) is 18.5 Å². The second-order valence-electron chi connectivity index (χ2n) is 6.02. The van der Waals surface area contributed by atoms with Gasteiger partial charge in [-0.05, 0) is 43.5 Å². The lowest BCUT2D eigenvalue weighted by atomic mass is 9.89. The highest BCUT2D eigenvalue weighted by Gasteiger charge is 2.18. The van der Waals surface area contributed by atoms with Crippen LogP contribution in [0.15, 0.2) is 29.2 Å². The third kappa shape index (κ3) is 5.39. The number of benzene rings is 1. The van der Waals surface area contributed by atoms with Crippen LogP contribution in [0.1, 0.15) is 38.8 Å². The minimum Gasteiger partial charge on any atom is -0.396 e. The quantitative estimate of drug-likeness (QED) is 0.682. The molecule has 0 aliphatic rings. The maximum Gasteiger partial charge on any atom is 0.240 e. The predicted octanol–water partition coefficient (Wildman–Crippen LogP) is 1.65. The molecule has 1 aromatic rings. The first-order chi connectivity index (χ1) is 9.72. The van der Waals surface area contributed by atoms with Gasteiger partial charge in [0.1, 0.15) is 0 Å². The highest BCUT2D eigenvalue weighted by molar-refractivity contribution is 7.89. The number of aliphatic hydroxyl groups excluding tert-OH is 1. The second-order valence-corrected chi connectivity index (χ2v) is 7.90. The van der Waals surface area contributed by atoms with Crippen LogP contribution >= 0.6 is 0 Å². The molecule has 0 fully saturated rings. The van der Waals surface area contributed by atoms with Gasteiger partial charge in [-0.3, -0.25) is 0 Å². The van der Waals surface area contributed by atoms with Gasteiger partial charge in [0.05, 0.1) is 4.90 Å². The smallest absolute Gasteiger partial charge is 0.240 e. The molecule has 0 saturated heterocycles. The van der Waals surface area contributed by atoms with Crippen LogP contribution in [-0.4, -0.2) is 33.7 Å². The molecular formula is C15H26N2O3S. The van der Waals surface area contributed by atoms with Crippen molar-refractivity contribution in [3.05, 3.63) is 29.8 Å². The minimum absolute atomic E-state index is 0.0262. The van der Waals surface area contributed by atoms with Crippen molar-refractivity contribution in [1.29, 1.82) is 0 Å². The maximum absolute atomic E-state index is 11.7. The van der Waals surface area contributed by atoms with Gasteiger partial charge in [0, 0.05) is 19.2 Å². The van der Waals surface area contributed by atoms with Gasteiger partial charge >= 0.3 is 0 Å². The fourth-order valence-electron chi connectivity index (χ4n) is 1.99. The summed E-state index contributed by atoms with van der Waals surface area (Å²) in [6, 6.07) is 6.98. The molecule has 0 aromatic heterocycles. The first kappa shape index (κ1) is 18.1. The molecule has 0 radical (unpaired) electrons. The number of sulfonamides is 1. The molecule has 0 saturated carbocycles. The summed E-state index contributed by atoms with van der Waals surface area (Å²) >= 11 is 0. The van der Waals surface area contributed by atoms with Gasteiger partial charge in [-0.15, -0.1) is 0 Å². The van der Waals surface area contributed by atoms with Gasteiger partial charge in [-0.1, -0.05) is 26.0 Å². The van der Waals surface area contributed by atoms with Crippen LogP contribution in [0.4, 0.5) is 0 Å². The van der Waals surface area contributed by atoms with Crippen LogP contribution in [0.2, 0.25) is 0 Å². The topological polar surface area (TPSA) is 78.4 Å². The number of aliphatic hydroxyl groups is 1. The molecule has 0 bridgehead atoms. The van der Waals surface area contributed by atoms with Crippen LogP contribution in [-0.2, 0) is 10.0 Å².